The van der Waals surface area contributed by atoms with Crippen molar-refractivity contribution in [2.75, 3.05) is 20.8 Å². The van der Waals surface area contributed by atoms with Crippen molar-refractivity contribution in [3.05, 3.63) is 69.2 Å². The van der Waals surface area contributed by atoms with Crippen LogP contribution in [0.5, 0.6) is 0 Å². The summed E-state index contributed by atoms with van der Waals surface area (Å²) in [6.45, 7) is 1.03. The van der Waals surface area contributed by atoms with E-state index in [0.717, 1.165) is 5.56 Å². The highest BCUT2D eigenvalue weighted by atomic mass is 35.5. The van der Waals surface area contributed by atoms with E-state index in [9.17, 15) is 9.59 Å². The number of rotatable bonds is 8. The zero-order valence-corrected chi connectivity index (χ0v) is 19.4. The minimum Gasteiger partial charge on any atom is -0.465 e. The SMILES string of the molecule is COCCn1c(SCc2nc3cc(C(=O)OC)ccc3c(=O)[nH]2)nnc1-c1ccc(Cl)cc1. The Morgan fingerprint density at radius 1 is 1.15 bits per heavy atom. The van der Waals surface area contributed by atoms with E-state index in [4.69, 9.17) is 21.1 Å². The van der Waals surface area contributed by atoms with Gasteiger partial charge in [0.05, 0.1) is 42.5 Å². The standard InChI is InChI=1S/C22H20ClN5O4S/c1-31-10-9-28-19(13-3-6-15(23)7-4-13)26-27-22(28)33-12-18-24-17-11-14(21(30)32-2)5-8-16(17)20(29)25-18/h3-8,11H,9-10,12H2,1-2H3,(H,24,25,29). The summed E-state index contributed by atoms with van der Waals surface area (Å²) in [7, 11) is 2.93. The number of thioether (sulfide) groups is 1. The number of hydrogen-bond donors (Lipinski definition) is 1. The highest BCUT2D eigenvalue weighted by Gasteiger charge is 2.16. The molecule has 9 nitrogen and oxygen atoms in total. The number of halogens is 1. The Balaban J connectivity index is 1.62. The number of carbonyl (C=O) groups excluding carboxylic acids is 1. The van der Waals surface area contributed by atoms with E-state index in [-0.39, 0.29) is 5.56 Å². The molecule has 0 bridgehead atoms. The smallest absolute Gasteiger partial charge is 0.337 e. The average Bonchev–Trinajstić information content (AvgIpc) is 3.23. The first-order valence-corrected chi connectivity index (χ1v) is 11.3. The third-order valence-electron chi connectivity index (χ3n) is 4.85. The van der Waals surface area contributed by atoms with Crippen LogP contribution in [-0.4, -0.2) is 51.5 Å². The van der Waals surface area contributed by atoms with Gasteiger partial charge >= 0.3 is 5.97 Å². The van der Waals surface area contributed by atoms with Gasteiger partial charge in [0, 0.05) is 17.7 Å². The zero-order valence-electron chi connectivity index (χ0n) is 17.9. The second kappa shape index (κ2) is 10.2. The van der Waals surface area contributed by atoms with E-state index in [1.54, 1.807) is 31.4 Å². The molecule has 2 aromatic carbocycles. The average molecular weight is 486 g/mol. The van der Waals surface area contributed by atoms with Crippen LogP contribution in [0.15, 0.2) is 52.4 Å². The lowest BCUT2D eigenvalue weighted by Crippen LogP contribution is -2.12. The van der Waals surface area contributed by atoms with Crippen LogP contribution in [0.3, 0.4) is 0 Å². The number of hydrogen-bond acceptors (Lipinski definition) is 8. The lowest BCUT2D eigenvalue weighted by atomic mass is 10.1. The Bertz CT molecular complexity index is 1350. The van der Waals surface area contributed by atoms with E-state index in [1.807, 2.05) is 16.7 Å². The van der Waals surface area contributed by atoms with Crippen molar-refractivity contribution < 1.29 is 14.3 Å². The first kappa shape index (κ1) is 23.0. The molecule has 0 aliphatic carbocycles. The molecular weight excluding hydrogens is 466 g/mol. The highest BCUT2D eigenvalue weighted by molar-refractivity contribution is 7.98. The van der Waals surface area contributed by atoms with Gasteiger partial charge in [-0.25, -0.2) is 9.78 Å². The Hall–Kier alpha value is -3.21. The largest absolute Gasteiger partial charge is 0.465 e. The van der Waals surface area contributed by atoms with Gasteiger partial charge in [0.1, 0.15) is 5.82 Å². The first-order valence-electron chi connectivity index (χ1n) is 9.92. The van der Waals surface area contributed by atoms with Crippen LogP contribution in [0.2, 0.25) is 5.02 Å². The van der Waals surface area contributed by atoms with Gasteiger partial charge in [-0.05, 0) is 42.5 Å². The molecule has 0 amide bonds. The topological polar surface area (TPSA) is 112 Å². The molecule has 0 aliphatic heterocycles. The van der Waals surface area contributed by atoms with Crippen molar-refractivity contribution in [1.29, 1.82) is 0 Å². The third kappa shape index (κ3) is 5.08. The number of nitrogens with zero attached hydrogens (tertiary/aromatic N) is 4. The maximum Gasteiger partial charge on any atom is 0.337 e. The number of aromatic nitrogens is 5. The van der Waals surface area contributed by atoms with Crippen molar-refractivity contribution in [2.24, 2.45) is 0 Å². The third-order valence-corrected chi connectivity index (χ3v) is 6.08. The molecule has 0 saturated heterocycles. The summed E-state index contributed by atoms with van der Waals surface area (Å²) in [5.74, 6) is 0.998. The van der Waals surface area contributed by atoms with Gasteiger partial charge in [-0.3, -0.25) is 9.36 Å². The summed E-state index contributed by atoms with van der Waals surface area (Å²) in [5, 5.41) is 10.3. The van der Waals surface area contributed by atoms with Gasteiger partial charge in [-0.2, -0.15) is 0 Å². The van der Waals surface area contributed by atoms with Gasteiger partial charge in [-0.1, -0.05) is 23.4 Å². The second-order valence-electron chi connectivity index (χ2n) is 6.98. The molecule has 0 aliphatic rings. The molecule has 0 fully saturated rings. The molecule has 0 unspecified atom stereocenters. The summed E-state index contributed by atoms with van der Waals surface area (Å²) >= 11 is 7.39. The molecular formula is C22H20ClN5O4S. The van der Waals surface area contributed by atoms with Crippen LogP contribution in [0.1, 0.15) is 16.2 Å². The van der Waals surface area contributed by atoms with Crippen LogP contribution >= 0.6 is 23.4 Å². The van der Waals surface area contributed by atoms with E-state index in [0.29, 0.717) is 57.2 Å². The molecule has 0 spiro atoms. The molecule has 0 radical (unpaired) electrons. The minimum atomic E-state index is -0.490. The molecule has 11 heteroatoms. The van der Waals surface area contributed by atoms with Crippen LogP contribution in [0.25, 0.3) is 22.3 Å². The quantitative estimate of drug-likeness (QED) is 0.298. The monoisotopic (exact) mass is 485 g/mol. The van der Waals surface area contributed by atoms with E-state index in [1.165, 1.54) is 24.9 Å². The second-order valence-corrected chi connectivity index (χ2v) is 8.36. The molecule has 2 aromatic heterocycles. The van der Waals surface area contributed by atoms with Crippen LogP contribution in [0.4, 0.5) is 0 Å². The molecule has 0 atom stereocenters. The number of methoxy groups -OCH3 is 2. The Morgan fingerprint density at radius 3 is 2.67 bits per heavy atom. The van der Waals surface area contributed by atoms with Crippen molar-refractivity contribution >= 4 is 40.2 Å². The van der Waals surface area contributed by atoms with Gasteiger partial charge in [0.15, 0.2) is 11.0 Å². The number of fused-ring (bicyclic) bond motifs is 1. The zero-order chi connectivity index (χ0) is 23.4. The Kier molecular flexibility index (Phi) is 7.07. The fourth-order valence-corrected chi connectivity index (χ4v) is 4.19. The molecule has 2 heterocycles. The number of esters is 1. The molecule has 33 heavy (non-hydrogen) atoms. The summed E-state index contributed by atoms with van der Waals surface area (Å²) in [6, 6.07) is 12.0. The maximum absolute atomic E-state index is 12.5. The summed E-state index contributed by atoms with van der Waals surface area (Å²) < 4.78 is 11.9. The molecule has 0 saturated carbocycles. The van der Waals surface area contributed by atoms with Gasteiger partial charge in [0.25, 0.3) is 5.56 Å². The van der Waals surface area contributed by atoms with Crippen LogP contribution < -0.4 is 5.56 Å². The van der Waals surface area contributed by atoms with Crippen LogP contribution in [-0.2, 0) is 21.8 Å². The number of H-pyrrole nitrogens is 1. The van der Waals surface area contributed by atoms with Crippen molar-refractivity contribution in [3.8, 4) is 11.4 Å². The summed E-state index contributed by atoms with van der Waals surface area (Å²) in [4.78, 5) is 31.6. The van der Waals surface area contributed by atoms with Crippen molar-refractivity contribution in [3.63, 3.8) is 0 Å². The van der Waals surface area contributed by atoms with E-state index < -0.39 is 5.97 Å². The Labute approximate surface area is 198 Å². The number of ether oxygens (including phenoxy) is 2. The first-order chi connectivity index (χ1) is 16.0. The summed E-state index contributed by atoms with van der Waals surface area (Å²) in [6.07, 6.45) is 0. The Morgan fingerprint density at radius 2 is 1.94 bits per heavy atom. The van der Waals surface area contributed by atoms with E-state index in [2.05, 4.69) is 20.2 Å². The minimum absolute atomic E-state index is 0.283. The molecule has 170 valence electrons. The molecule has 4 aromatic rings. The molecule has 4 rings (SSSR count). The lowest BCUT2D eigenvalue weighted by molar-refractivity contribution is 0.0601. The fraction of sp³-hybridized carbons (Fsp3) is 0.227. The fourth-order valence-electron chi connectivity index (χ4n) is 3.23. The van der Waals surface area contributed by atoms with Crippen molar-refractivity contribution in [1.82, 2.24) is 24.7 Å². The summed E-state index contributed by atoms with van der Waals surface area (Å²) in [5.41, 5.74) is 1.34. The highest BCUT2D eigenvalue weighted by Crippen LogP contribution is 2.27. The number of aromatic amines is 1. The lowest BCUT2D eigenvalue weighted by Gasteiger charge is -2.10. The molecule has 1 N–H and O–H groups in total. The van der Waals surface area contributed by atoms with E-state index >= 15 is 0 Å². The predicted molar refractivity (Wildman–Crippen MR) is 126 cm³/mol. The predicted octanol–water partition coefficient (Wildman–Crippen LogP) is 3.56. The van der Waals surface area contributed by atoms with Crippen molar-refractivity contribution in [2.45, 2.75) is 17.5 Å². The van der Waals surface area contributed by atoms with Gasteiger partial charge in [0.2, 0.25) is 0 Å². The maximum atomic E-state index is 12.5. The number of nitrogens with one attached hydrogen (secondary N) is 1. The van der Waals surface area contributed by atoms with Crippen LogP contribution in [0, 0.1) is 0 Å². The normalized spacial score (nSPS) is 11.1. The van der Waals surface area contributed by atoms with Gasteiger partial charge in [-0.15, -0.1) is 10.2 Å². The number of carbonyl (C=O) groups is 1. The number of benzene rings is 2. The van der Waals surface area contributed by atoms with Gasteiger partial charge < -0.3 is 14.5 Å².